The van der Waals surface area contributed by atoms with Crippen molar-refractivity contribution in [2.45, 2.75) is 12.5 Å². The van der Waals surface area contributed by atoms with Crippen molar-refractivity contribution in [3.8, 4) is 5.75 Å². The average molecular weight is 229 g/mol. The van der Waals surface area contributed by atoms with E-state index in [4.69, 9.17) is 5.73 Å². The first-order valence-corrected chi connectivity index (χ1v) is 5.82. The Hall–Kier alpha value is -1.81. The van der Waals surface area contributed by atoms with Crippen molar-refractivity contribution in [1.29, 1.82) is 0 Å². The van der Waals surface area contributed by atoms with E-state index in [1.165, 1.54) is 0 Å². The molecular formula is C13H15N3O. The van der Waals surface area contributed by atoms with Crippen LogP contribution in [-0.2, 0) is 0 Å². The molecule has 4 nitrogen and oxygen atoms in total. The molecule has 0 saturated carbocycles. The number of pyridine rings is 1. The van der Waals surface area contributed by atoms with Gasteiger partial charge in [0.25, 0.3) is 0 Å². The summed E-state index contributed by atoms with van der Waals surface area (Å²) in [6.45, 7) is 1.77. The smallest absolute Gasteiger partial charge is 0.136 e. The van der Waals surface area contributed by atoms with Gasteiger partial charge in [0, 0.05) is 30.7 Å². The minimum Gasteiger partial charge on any atom is -0.508 e. The Morgan fingerprint density at radius 3 is 3.00 bits per heavy atom. The van der Waals surface area contributed by atoms with Crippen LogP contribution < -0.4 is 10.6 Å². The number of anilines is 1. The highest BCUT2D eigenvalue weighted by Crippen LogP contribution is 2.29. The van der Waals surface area contributed by atoms with E-state index < -0.39 is 0 Å². The first-order valence-electron chi connectivity index (χ1n) is 5.82. The summed E-state index contributed by atoms with van der Waals surface area (Å²) in [7, 11) is 0. The highest BCUT2D eigenvalue weighted by Gasteiger charge is 2.21. The van der Waals surface area contributed by atoms with Crippen LogP contribution in [0.1, 0.15) is 6.42 Å². The maximum Gasteiger partial charge on any atom is 0.136 e. The molecule has 1 unspecified atom stereocenters. The van der Waals surface area contributed by atoms with Gasteiger partial charge in [-0.3, -0.25) is 0 Å². The van der Waals surface area contributed by atoms with Gasteiger partial charge in [-0.25, -0.2) is 4.98 Å². The van der Waals surface area contributed by atoms with Gasteiger partial charge in [0.05, 0.1) is 0 Å². The molecule has 0 spiro atoms. The van der Waals surface area contributed by atoms with Crippen LogP contribution in [0, 0.1) is 0 Å². The molecule has 1 atom stereocenters. The molecule has 2 aromatic rings. The van der Waals surface area contributed by atoms with Gasteiger partial charge in [0.2, 0.25) is 0 Å². The minimum absolute atomic E-state index is 0.226. The fourth-order valence-electron chi connectivity index (χ4n) is 2.37. The number of phenolic OH excluding ortho intramolecular Hbond substituents is 1. The van der Waals surface area contributed by atoms with Crippen molar-refractivity contribution in [1.82, 2.24) is 4.98 Å². The SMILES string of the molecule is NC1CCN(c2nccc3ccc(O)cc23)C1. The summed E-state index contributed by atoms with van der Waals surface area (Å²) in [4.78, 5) is 6.61. The van der Waals surface area contributed by atoms with Gasteiger partial charge in [-0.15, -0.1) is 0 Å². The molecule has 2 heterocycles. The van der Waals surface area contributed by atoms with Crippen LogP contribution in [0.3, 0.4) is 0 Å². The van der Waals surface area contributed by atoms with Crippen LogP contribution in [0.4, 0.5) is 5.82 Å². The molecule has 1 aliphatic heterocycles. The van der Waals surface area contributed by atoms with Crippen molar-refractivity contribution < 1.29 is 5.11 Å². The molecule has 4 heteroatoms. The average Bonchev–Trinajstić information content (AvgIpc) is 2.75. The Labute approximate surface area is 99.7 Å². The zero-order valence-corrected chi connectivity index (χ0v) is 9.50. The second-order valence-electron chi connectivity index (χ2n) is 4.53. The molecule has 0 aliphatic carbocycles. The fraction of sp³-hybridized carbons (Fsp3) is 0.308. The van der Waals surface area contributed by atoms with Crippen LogP contribution in [0.15, 0.2) is 30.5 Å². The molecule has 17 heavy (non-hydrogen) atoms. The number of hydrogen-bond acceptors (Lipinski definition) is 4. The molecular weight excluding hydrogens is 214 g/mol. The zero-order valence-electron chi connectivity index (χ0n) is 9.50. The standard InChI is InChI=1S/C13H15N3O/c14-10-4-6-16(8-10)13-12-7-11(17)2-1-9(12)3-5-15-13/h1-3,5,7,10,17H,4,6,8,14H2. The maximum atomic E-state index is 9.58. The Morgan fingerprint density at radius 1 is 1.35 bits per heavy atom. The minimum atomic E-state index is 0.226. The van der Waals surface area contributed by atoms with E-state index in [1.807, 2.05) is 12.1 Å². The maximum absolute atomic E-state index is 9.58. The van der Waals surface area contributed by atoms with Crippen molar-refractivity contribution in [3.63, 3.8) is 0 Å². The van der Waals surface area contributed by atoms with E-state index in [0.29, 0.717) is 0 Å². The topological polar surface area (TPSA) is 62.4 Å². The van der Waals surface area contributed by atoms with Gasteiger partial charge in [-0.05, 0) is 30.0 Å². The fourth-order valence-corrected chi connectivity index (χ4v) is 2.37. The second-order valence-corrected chi connectivity index (χ2v) is 4.53. The van der Waals surface area contributed by atoms with Crippen LogP contribution in [-0.4, -0.2) is 29.2 Å². The number of nitrogens with two attached hydrogens (primary N) is 1. The second kappa shape index (κ2) is 3.89. The van der Waals surface area contributed by atoms with Crippen molar-refractivity contribution >= 4 is 16.6 Å². The molecule has 1 aromatic carbocycles. The third kappa shape index (κ3) is 1.80. The summed E-state index contributed by atoms with van der Waals surface area (Å²) < 4.78 is 0. The number of phenols is 1. The molecule has 1 aromatic heterocycles. The van der Waals surface area contributed by atoms with E-state index in [1.54, 1.807) is 18.3 Å². The first kappa shape index (κ1) is 10.4. The predicted octanol–water partition coefficient (Wildman–Crippen LogP) is 1.48. The number of aromatic nitrogens is 1. The summed E-state index contributed by atoms with van der Waals surface area (Å²) in [5.74, 6) is 1.20. The predicted molar refractivity (Wildman–Crippen MR) is 68.2 cm³/mol. The highest BCUT2D eigenvalue weighted by molar-refractivity contribution is 5.93. The number of benzene rings is 1. The van der Waals surface area contributed by atoms with Gasteiger partial charge < -0.3 is 15.7 Å². The summed E-state index contributed by atoms with van der Waals surface area (Å²) >= 11 is 0. The van der Waals surface area contributed by atoms with E-state index in [0.717, 1.165) is 36.1 Å². The third-order valence-electron chi connectivity index (χ3n) is 3.25. The number of fused-ring (bicyclic) bond motifs is 1. The lowest BCUT2D eigenvalue weighted by atomic mass is 10.1. The monoisotopic (exact) mass is 229 g/mol. The van der Waals surface area contributed by atoms with E-state index in [-0.39, 0.29) is 11.8 Å². The molecule has 3 rings (SSSR count). The van der Waals surface area contributed by atoms with E-state index >= 15 is 0 Å². The van der Waals surface area contributed by atoms with Crippen molar-refractivity contribution in [3.05, 3.63) is 30.5 Å². The lowest BCUT2D eigenvalue weighted by molar-refractivity contribution is 0.476. The van der Waals surface area contributed by atoms with E-state index in [2.05, 4.69) is 9.88 Å². The van der Waals surface area contributed by atoms with Crippen molar-refractivity contribution in [2.75, 3.05) is 18.0 Å². The van der Waals surface area contributed by atoms with Crippen LogP contribution in [0.2, 0.25) is 0 Å². The van der Waals surface area contributed by atoms with Gasteiger partial charge in [-0.1, -0.05) is 6.07 Å². The third-order valence-corrected chi connectivity index (χ3v) is 3.25. The molecule has 1 saturated heterocycles. The summed E-state index contributed by atoms with van der Waals surface area (Å²) in [5, 5.41) is 11.7. The quantitative estimate of drug-likeness (QED) is 0.777. The Balaban J connectivity index is 2.12. The summed E-state index contributed by atoms with van der Waals surface area (Å²) in [6, 6.07) is 7.55. The van der Waals surface area contributed by atoms with Gasteiger partial charge >= 0.3 is 0 Å². The zero-order chi connectivity index (χ0) is 11.8. The van der Waals surface area contributed by atoms with Crippen molar-refractivity contribution in [2.24, 2.45) is 5.73 Å². The van der Waals surface area contributed by atoms with E-state index in [9.17, 15) is 5.11 Å². The molecule has 0 bridgehead atoms. The van der Waals surface area contributed by atoms with Gasteiger partial charge in [0.15, 0.2) is 0 Å². The molecule has 1 fully saturated rings. The number of hydrogen-bond donors (Lipinski definition) is 2. The lowest BCUT2D eigenvalue weighted by Gasteiger charge is -2.18. The lowest BCUT2D eigenvalue weighted by Crippen LogP contribution is -2.26. The van der Waals surface area contributed by atoms with Gasteiger partial charge in [-0.2, -0.15) is 0 Å². The highest BCUT2D eigenvalue weighted by atomic mass is 16.3. The Kier molecular flexibility index (Phi) is 2.37. The Morgan fingerprint density at radius 2 is 2.24 bits per heavy atom. The molecule has 0 radical (unpaired) electrons. The molecule has 3 N–H and O–H groups in total. The largest absolute Gasteiger partial charge is 0.508 e. The number of rotatable bonds is 1. The van der Waals surface area contributed by atoms with Crippen LogP contribution in [0.25, 0.3) is 10.8 Å². The normalized spacial score (nSPS) is 20.1. The first-order chi connectivity index (χ1) is 8.24. The van der Waals surface area contributed by atoms with Crippen LogP contribution in [0.5, 0.6) is 5.75 Å². The summed E-state index contributed by atoms with van der Waals surface area (Å²) in [5.41, 5.74) is 5.92. The van der Waals surface area contributed by atoms with Gasteiger partial charge in [0.1, 0.15) is 11.6 Å². The molecule has 1 aliphatic rings. The number of aromatic hydroxyl groups is 1. The molecule has 0 amide bonds. The Bertz CT molecular complexity index is 555. The van der Waals surface area contributed by atoms with Crippen LogP contribution >= 0.6 is 0 Å². The molecule has 88 valence electrons. The number of nitrogens with zero attached hydrogens (tertiary/aromatic N) is 2. The summed E-state index contributed by atoms with van der Waals surface area (Å²) in [6.07, 6.45) is 2.80.